The van der Waals surface area contributed by atoms with Crippen LogP contribution >= 0.6 is 0 Å². The van der Waals surface area contributed by atoms with E-state index in [0.717, 1.165) is 0 Å². The van der Waals surface area contributed by atoms with Crippen molar-refractivity contribution in [2.45, 2.75) is 77.0 Å². The molecule has 2 aromatic heterocycles. The summed E-state index contributed by atoms with van der Waals surface area (Å²) in [6.07, 6.45) is 9.20. The average molecular weight is 1080 g/mol. The van der Waals surface area contributed by atoms with Gasteiger partial charge in [-0.3, -0.25) is 0 Å². The van der Waals surface area contributed by atoms with Gasteiger partial charge < -0.3 is 9.13 Å². The lowest BCUT2D eigenvalue weighted by atomic mass is 9.79. The van der Waals surface area contributed by atoms with Crippen LogP contribution in [0.25, 0.3) is 124 Å². The monoisotopic (exact) mass is 1080 g/mol. The highest BCUT2D eigenvalue weighted by Crippen LogP contribution is 2.57. The number of hydrogen-bond acceptors (Lipinski definition) is 0. The van der Waals surface area contributed by atoms with E-state index in [-0.39, 0.29) is 21.7 Å². The molecule has 0 fully saturated rings. The van der Waals surface area contributed by atoms with Crippen LogP contribution in [0, 0.1) is 0 Å². The normalized spacial score (nSPS) is 15.9. The van der Waals surface area contributed by atoms with Gasteiger partial charge in [-0.2, -0.15) is 0 Å². The van der Waals surface area contributed by atoms with Gasteiger partial charge in [-0.25, -0.2) is 0 Å². The van der Waals surface area contributed by atoms with Crippen molar-refractivity contribution in [3.05, 3.63) is 285 Å². The van der Waals surface area contributed by atoms with Crippen LogP contribution < -0.4 is 0 Å². The fourth-order valence-electron chi connectivity index (χ4n) is 16.0. The van der Waals surface area contributed by atoms with Gasteiger partial charge in [0.05, 0.1) is 22.1 Å². The summed E-state index contributed by atoms with van der Waals surface area (Å²) < 4.78 is 4.92. The number of nitrogens with zero attached hydrogens (tertiary/aromatic N) is 2. The van der Waals surface area contributed by atoms with Gasteiger partial charge in [0.15, 0.2) is 0 Å². The molecule has 0 unspecified atom stereocenters. The van der Waals surface area contributed by atoms with Gasteiger partial charge in [0.25, 0.3) is 0 Å². The van der Waals surface area contributed by atoms with Crippen molar-refractivity contribution in [3.8, 4) is 55.9 Å². The molecular formula is C82H64N2. The summed E-state index contributed by atoms with van der Waals surface area (Å²) in [5.74, 6) is 0. The predicted octanol–water partition coefficient (Wildman–Crippen LogP) is 21.4. The van der Waals surface area contributed by atoms with E-state index in [1.54, 1.807) is 0 Å². The zero-order valence-corrected chi connectivity index (χ0v) is 49.0. The van der Waals surface area contributed by atoms with E-state index >= 15 is 0 Å². The summed E-state index contributed by atoms with van der Waals surface area (Å²) in [5, 5.41) is 5.07. The Morgan fingerprint density at radius 3 is 0.964 bits per heavy atom. The third kappa shape index (κ3) is 6.74. The van der Waals surface area contributed by atoms with Crippen molar-refractivity contribution < 1.29 is 0 Å². The Kier molecular flexibility index (Phi) is 9.98. The van der Waals surface area contributed by atoms with E-state index in [1.807, 2.05) is 0 Å². The highest BCUT2D eigenvalue weighted by Gasteiger charge is 2.42. The highest BCUT2D eigenvalue weighted by atomic mass is 15.0. The van der Waals surface area contributed by atoms with Gasteiger partial charge in [-0.15, -0.1) is 0 Å². The average Bonchev–Trinajstić information content (AvgIpc) is 1.78. The van der Waals surface area contributed by atoms with Crippen molar-refractivity contribution in [2.24, 2.45) is 0 Å². The summed E-state index contributed by atoms with van der Waals surface area (Å²) in [6.45, 7) is 19.1. The Morgan fingerprint density at radius 1 is 0.226 bits per heavy atom. The van der Waals surface area contributed by atoms with Crippen molar-refractivity contribution in [3.63, 3.8) is 0 Å². The maximum Gasteiger partial charge on any atom is 0.0541 e. The third-order valence-electron chi connectivity index (χ3n) is 20.5. The van der Waals surface area contributed by atoms with E-state index in [0.29, 0.717) is 0 Å². The number of hydrogen-bond donors (Lipinski definition) is 0. The molecule has 0 N–H and O–H groups in total. The van der Waals surface area contributed by atoms with Gasteiger partial charge in [0, 0.05) is 54.6 Å². The number of benzene rings is 11. The molecule has 4 aliphatic carbocycles. The molecule has 402 valence electrons. The maximum absolute atomic E-state index is 2.53. The van der Waals surface area contributed by atoms with Crippen molar-refractivity contribution in [2.75, 3.05) is 0 Å². The van der Waals surface area contributed by atoms with Crippen molar-refractivity contribution in [1.29, 1.82) is 0 Å². The summed E-state index contributed by atoms with van der Waals surface area (Å²) in [5.41, 5.74) is 33.7. The molecule has 0 radical (unpaired) electrons. The Morgan fingerprint density at radius 2 is 0.524 bits per heavy atom. The SMILES string of the molecule is CC1(C)c2ccccc2-c2ccc(-n3c4ccccc4c4cc(/C=C/c5ccc6c(c5)C(C)(C)c5cc7c(cc5-6)C(C)(C)c5cc(/C=C/c6ccc8c(c6)c6ccccc6n8-c6ccc8c(c6)C(C)(C)c6ccccc6-8)ccc5-7)ccc43)cc21. The smallest absolute Gasteiger partial charge is 0.0541 e. The summed E-state index contributed by atoms with van der Waals surface area (Å²) in [6, 6.07) is 83.0. The number of fused-ring (bicyclic) bond motifs is 18. The standard InChI is InChI=1S/C82H64N2/c1-79(2)67-21-13-9-17-55(67)57-37-33-53(45-71(57)79)83-75-23-15-11-19-61(75)65-41-49(31-39-77(65)83)25-27-51-29-35-59-63-47-74-64(48-73(63)81(5,6)69(59)43-51)60-36-30-52(44-70(60)82(74,7)8)28-26-50-32-40-78-66(42-50)62-20-12-16-24-76(62)84(78)54-34-38-58-56-18-10-14-22-68(56)80(3,4)72(58)46-54/h9-48H,1-8H3/b27-25+,28-26+. The Bertz CT molecular complexity index is 4810. The first kappa shape index (κ1) is 49.1. The first-order valence-corrected chi connectivity index (χ1v) is 30.1. The molecule has 4 aliphatic rings. The van der Waals surface area contributed by atoms with E-state index < -0.39 is 0 Å². The fraction of sp³-hybridized carbons (Fsp3) is 0.146. The molecule has 11 aromatic carbocycles. The lowest BCUT2D eigenvalue weighted by molar-refractivity contribution is 0.652. The minimum Gasteiger partial charge on any atom is -0.309 e. The summed E-state index contributed by atoms with van der Waals surface area (Å²) in [7, 11) is 0. The molecule has 2 heteroatoms. The van der Waals surface area contributed by atoms with E-state index in [4.69, 9.17) is 0 Å². The van der Waals surface area contributed by atoms with Crippen LogP contribution in [0.2, 0.25) is 0 Å². The first-order chi connectivity index (χ1) is 40.6. The van der Waals surface area contributed by atoms with E-state index in [2.05, 4.69) is 307 Å². The largest absolute Gasteiger partial charge is 0.309 e. The molecule has 0 spiro atoms. The van der Waals surface area contributed by atoms with E-state index in [9.17, 15) is 0 Å². The second-order valence-electron chi connectivity index (χ2n) is 26.5. The number of para-hydroxylation sites is 2. The number of rotatable bonds is 6. The Balaban J connectivity index is 0.650. The van der Waals surface area contributed by atoms with Crippen molar-refractivity contribution in [1.82, 2.24) is 9.13 Å². The van der Waals surface area contributed by atoms with Crippen LogP contribution in [-0.2, 0) is 21.7 Å². The van der Waals surface area contributed by atoms with Crippen LogP contribution in [0.1, 0.15) is 122 Å². The molecular weight excluding hydrogens is 1010 g/mol. The molecule has 0 amide bonds. The summed E-state index contributed by atoms with van der Waals surface area (Å²) >= 11 is 0. The molecule has 17 rings (SSSR count). The Labute approximate surface area is 492 Å². The molecule has 84 heavy (non-hydrogen) atoms. The van der Waals surface area contributed by atoms with Crippen LogP contribution in [0.4, 0.5) is 0 Å². The topological polar surface area (TPSA) is 9.86 Å². The van der Waals surface area contributed by atoms with Crippen LogP contribution in [-0.4, -0.2) is 9.13 Å². The summed E-state index contributed by atoms with van der Waals surface area (Å²) in [4.78, 5) is 0. The second-order valence-corrected chi connectivity index (χ2v) is 26.5. The zero-order valence-electron chi connectivity index (χ0n) is 49.0. The van der Waals surface area contributed by atoms with Gasteiger partial charge in [0.1, 0.15) is 0 Å². The van der Waals surface area contributed by atoms with Crippen LogP contribution in [0.5, 0.6) is 0 Å². The predicted molar refractivity (Wildman–Crippen MR) is 356 cm³/mol. The van der Waals surface area contributed by atoms with E-state index in [1.165, 1.54) is 166 Å². The lowest BCUT2D eigenvalue weighted by Gasteiger charge is -2.24. The molecule has 0 atom stereocenters. The molecule has 0 bridgehead atoms. The fourth-order valence-corrected chi connectivity index (χ4v) is 16.0. The third-order valence-corrected chi connectivity index (χ3v) is 20.5. The quantitative estimate of drug-likeness (QED) is 0.147. The highest BCUT2D eigenvalue weighted by molar-refractivity contribution is 6.11. The first-order valence-electron chi connectivity index (χ1n) is 30.1. The van der Waals surface area contributed by atoms with Crippen molar-refractivity contribution >= 4 is 67.9 Å². The zero-order chi connectivity index (χ0) is 56.8. The lowest BCUT2D eigenvalue weighted by Crippen LogP contribution is -2.17. The molecule has 0 saturated carbocycles. The van der Waals surface area contributed by atoms with Crippen LogP contribution in [0.3, 0.4) is 0 Å². The van der Waals surface area contributed by atoms with Gasteiger partial charge in [-0.1, -0.05) is 225 Å². The molecule has 2 nitrogen and oxygen atoms in total. The maximum atomic E-state index is 2.53. The minimum absolute atomic E-state index is 0.0645. The van der Waals surface area contributed by atoms with Gasteiger partial charge in [0.2, 0.25) is 0 Å². The van der Waals surface area contributed by atoms with Gasteiger partial charge in [-0.05, 0) is 184 Å². The van der Waals surface area contributed by atoms with Crippen LogP contribution in [0.15, 0.2) is 218 Å². The minimum atomic E-state index is -0.159. The number of aromatic nitrogens is 2. The molecule has 13 aromatic rings. The molecule has 2 heterocycles. The molecule has 0 aliphatic heterocycles. The molecule has 0 saturated heterocycles. The second kappa shape index (κ2) is 17.1. The Hall–Kier alpha value is -9.50. The van der Waals surface area contributed by atoms with Gasteiger partial charge >= 0.3 is 0 Å².